The number of amides is 3. The van der Waals surface area contributed by atoms with Crippen molar-refractivity contribution in [1.82, 2.24) is 15.1 Å². The predicted molar refractivity (Wildman–Crippen MR) is 120 cm³/mol. The monoisotopic (exact) mass is 439 g/mol. The van der Waals surface area contributed by atoms with Gasteiger partial charge in [0.1, 0.15) is 17.6 Å². The minimum absolute atomic E-state index is 0.0486. The Kier molecular flexibility index (Phi) is 6.63. The van der Waals surface area contributed by atoms with E-state index < -0.39 is 6.04 Å². The highest BCUT2D eigenvalue weighted by Gasteiger charge is 2.37. The second-order valence-electron chi connectivity index (χ2n) is 8.70. The van der Waals surface area contributed by atoms with E-state index in [0.717, 1.165) is 17.6 Å². The number of aryl methyl sites for hydroxylation is 1. The third kappa shape index (κ3) is 4.87. The number of nitrogens with zero attached hydrogens (tertiary/aromatic N) is 2. The van der Waals surface area contributed by atoms with E-state index in [1.54, 1.807) is 22.9 Å². The molecule has 0 aromatic heterocycles. The molecule has 2 heterocycles. The van der Waals surface area contributed by atoms with E-state index >= 15 is 0 Å². The summed E-state index contributed by atoms with van der Waals surface area (Å²) in [7, 11) is 1.78. The zero-order chi connectivity index (χ0) is 22.7. The number of hydrogen-bond donors (Lipinski definition) is 1. The molecule has 0 saturated carbocycles. The Hall–Kier alpha value is -3.09. The number of carbonyl (C=O) groups excluding carboxylic acids is 2. The number of allylic oxidation sites excluding steroid dienone is 4. The van der Waals surface area contributed by atoms with Crippen molar-refractivity contribution in [2.45, 2.75) is 51.2 Å². The predicted octanol–water partition coefficient (Wildman–Crippen LogP) is 3.98. The number of rotatable bonds is 4. The molecule has 170 valence electrons. The molecule has 6 nitrogen and oxygen atoms in total. The first-order valence-corrected chi connectivity index (χ1v) is 11.2. The van der Waals surface area contributed by atoms with Gasteiger partial charge in [-0.3, -0.25) is 4.79 Å². The van der Waals surface area contributed by atoms with E-state index in [2.05, 4.69) is 5.32 Å². The highest BCUT2D eigenvalue weighted by Crippen LogP contribution is 2.29. The highest BCUT2D eigenvalue weighted by molar-refractivity contribution is 5.87. The van der Waals surface area contributed by atoms with E-state index in [4.69, 9.17) is 4.74 Å². The van der Waals surface area contributed by atoms with Crippen molar-refractivity contribution in [3.8, 4) is 0 Å². The fraction of sp³-hybridized carbons (Fsp3) is 0.440. The molecule has 0 radical (unpaired) electrons. The Bertz CT molecular complexity index is 967. The van der Waals surface area contributed by atoms with Gasteiger partial charge in [-0.15, -0.1) is 0 Å². The Morgan fingerprint density at radius 2 is 2.03 bits per heavy atom. The second-order valence-corrected chi connectivity index (χ2v) is 8.70. The van der Waals surface area contributed by atoms with E-state index in [1.807, 2.05) is 31.2 Å². The van der Waals surface area contributed by atoms with Crippen LogP contribution in [0.25, 0.3) is 0 Å². The molecule has 1 aliphatic carbocycles. The molecule has 1 N–H and O–H groups in total. The van der Waals surface area contributed by atoms with Crippen LogP contribution >= 0.6 is 0 Å². The first-order valence-electron chi connectivity index (χ1n) is 11.2. The van der Waals surface area contributed by atoms with Crippen molar-refractivity contribution < 1.29 is 18.7 Å². The quantitative estimate of drug-likeness (QED) is 0.772. The molecular formula is C25H30FN3O3. The minimum atomic E-state index is -0.467. The molecule has 3 amide bonds. The van der Waals surface area contributed by atoms with Crippen LogP contribution in [0, 0.1) is 6.92 Å². The summed E-state index contributed by atoms with van der Waals surface area (Å²) in [5, 5.41) is 3.08. The lowest BCUT2D eigenvalue weighted by Crippen LogP contribution is -2.52. The van der Waals surface area contributed by atoms with Crippen LogP contribution in [0.15, 0.2) is 59.7 Å². The van der Waals surface area contributed by atoms with Gasteiger partial charge in [-0.2, -0.15) is 0 Å². The second kappa shape index (κ2) is 9.59. The van der Waals surface area contributed by atoms with Gasteiger partial charge in [-0.1, -0.05) is 35.9 Å². The number of nitrogens with one attached hydrogen (secondary N) is 1. The van der Waals surface area contributed by atoms with E-state index in [1.165, 1.54) is 17.7 Å². The number of carbonyl (C=O) groups is 2. The van der Waals surface area contributed by atoms with Crippen molar-refractivity contribution >= 4 is 11.9 Å². The Labute approximate surface area is 188 Å². The SMILES string of the molecule is Cc1ccc(CN(C)C(=O)[C@H]2CCCN2C(=O)N[C@H]2CCOC3=C2CC=CC(F)=C3)cc1. The first-order chi connectivity index (χ1) is 15.4. The topological polar surface area (TPSA) is 61.9 Å². The largest absolute Gasteiger partial charge is 0.493 e. The van der Waals surface area contributed by atoms with E-state index in [-0.39, 0.29) is 23.8 Å². The number of ether oxygens (including phenoxy) is 1. The fourth-order valence-electron chi connectivity index (χ4n) is 4.53. The first kappa shape index (κ1) is 22.1. The van der Waals surface area contributed by atoms with Gasteiger partial charge in [0.2, 0.25) is 5.91 Å². The molecule has 7 heteroatoms. The van der Waals surface area contributed by atoms with Crippen LogP contribution in [0.5, 0.6) is 0 Å². The summed E-state index contributed by atoms with van der Waals surface area (Å²) in [6.07, 6.45) is 7.12. The van der Waals surface area contributed by atoms with Crippen molar-refractivity contribution in [2.75, 3.05) is 20.2 Å². The van der Waals surface area contributed by atoms with Crippen LogP contribution in [0.1, 0.15) is 36.8 Å². The van der Waals surface area contributed by atoms with E-state index in [9.17, 15) is 14.0 Å². The lowest BCUT2D eigenvalue weighted by atomic mass is 9.98. The van der Waals surface area contributed by atoms with Gasteiger partial charge in [0.15, 0.2) is 0 Å². The summed E-state index contributed by atoms with van der Waals surface area (Å²) >= 11 is 0. The molecule has 1 aromatic carbocycles. The highest BCUT2D eigenvalue weighted by atomic mass is 19.1. The summed E-state index contributed by atoms with van der Waals surface area (Å²) in [4.78, 5) is 29.6. The third-order valence-corrected chi connectivity index (χ3v) is 6.30. The van der Waals surface area contributed by atoms with Crippen molar-refractivity contribution in [3.05, 3.63) is 70.8 Å². The maximum Gasteiger partial charge on any atom is 0.318 e. The Morgan fingerprint density at radius 3 is 2.81 bits per heavy atom. The van der Waals surface area contributed by atoms with E-state index in [0.29, 0.717) is 44.7 Å². The summed E-state index contributed by atoms with van der Waals surface area (Å²) < 4.78 is 19.4. The van der Waals surface area contributed by atoms with Crippen molar-refractivity contribution in [2.24, 2.45) is 0 Å². The summed E-state index contributed by atoms with van der Waals surface area (Å²) in [6, 6.07) is 7.15. The summed E-state index contributed by atoms with van der Waals surface area (Å²) in [6.45, 7) is 3.49. The molecular weight excluding hydrogens is 409 g/mol. The molecule has 1 saturated heterocycles. The van der Waals surface area contributed by atoms with Gasteiger partial charge in [0.05, 0.1) is 12.6 Å². The molecule has 2 aliphatic heterocycles. The normalized spacial score (nSPS) is 22.6. The maximum atomic E-state index is 13.8. The zero-order valence-electron chi connectivity index (χ0n) is 18.6. The smallest absolute Gasteiger partial charge is 0.318 e. The maximum absolute atomic E-state index is 13.8. The summed E-state index contributed by atoms with van der Waals surface area (Å²) in [5.74, 6) is 0.0900. The van der Waals surface area contributed by atoms with Gasteiger partial charge in [0.25, 0.3) is 0 Å². The van der Waals surface area contributed by atoms with Crippen LogP contribution in [-0.4, -0.2) is 54.0 Å². The standard InChI is InChI=1S/C25H30FN3O3/c1-17-8-10-18(11-9-17)16-28(2)24(30)22-7-4-13-29(22)25(31)27-21-12-14-32-23-15-19(26)5-3-6-20(21)23/h3,5,8-11,15,21-22H,4,6-7,12-14,16H2,1-2H3,(H,27,31)/t21-,22+/m0/s1. The number of urea groups is 1. The molecule has 4 rings (SSSR count). The number of likely N-dealkylation sites (tertiary alicyclic amines) is 1. The molecule has 32 heavy (non-hydrogen) atoms. The van der Waals surface area contributed by atoms with Crippen LogP contribution in [-0.2, 0) is 16.1 Å². The third-order valence-electron chi connectivity index (χ3n) is 6.30. The number of benzene rings is 1. The number of hydrogen-bond acceptors (Lipinski definition) is 3. The average Bonchev–Trinajstić information content (AvgIpc) is 3.18. The molecule has 1 fully saturated rings. The van der Waals surface area contributed by atoms with Gasteiger partial charge in [-0.25, -0.2) is 9.18 Å². The lowest BCUT2D eigenvalue weighted by Gasteiger charge is -2.32. The minimum Gasteiger partial charge on any atom is -0.493 e. The Balaban J connectivity index is 1.42. The summed E-state index contributed by atoms with van der Waals surface area (Å²) in [5.41, 5.74) is 3.10. The zero-order valence-corrected chi connectivity index (χ0v) is 18.6. The molecule has 3 aliphatic rings. The van der Waals surface area contributed by atoms with Gasteiger partial charge in [0, 0.05) is 32.6 Å². The molecule has 0 bridgehead atoms. The number of likely N-dealkylation sites (N-methyl/N-ethyl adjacent to an activating group) is 1. The fourth-order valence-corrected chi connectivity index (χ4v) is 4.53. The molecule has 0 spiro atoms. The van der Waals surface area contributed by atoms with Crippen molar-refractivity contribution in [1.29, 1.82) is 0 Å². The average molecular weight is 440 g/mol. The molecule has 1 aromatic rings. The Morgan fingerprint density at radius 1 is 1.25 bits per heavy atom. The number of halogens is 1. The van der Waals surface area contributed by atoms with Gasteiger partial charge < -0.3 is 19.9 Å². The molecule has 0 unspecified atom stereocenters. The lowest BCUT2D eigenvalue weighted by molar-refractivity contribution is -0.134. The van der Waals surface area contributed by atoms with Crippen LogP contribution < -0.4 is 5.32 Å². The van der Waals surface area contributed by atoms with Crippen molar-refractivity contribution in [3.63, 3.8) is 0 Å². The van der Waals surface area contributed by atoms with Gasteiger partial charge in [-0.05, 0) is 43.4 Å². The van der Waals surface area contributed by atoms with Crippen LogP contribution in [0.4, 0.5) is 9.18 Å². The van der Waals surface area contributed by atoms with Crippen LogP contribution in [0.2, 0.25) is 0 Å². The van der Waals surface area contributed by atoms with Crippen LogP contribution in [0.3, 0.4) is 0 Å². The van der Waals surface area contributed by atoms with Gasteiger partial charge >= 0.3 is 6.03 Å². The molecule has 2 atom stereocenters.